The zero-order valence-corrected chi connectivity index (χ0v) is 17.1. The minimum atomic E-state index is -0.189. The molecule has 0 radical (unpaired) electrons. The molecule has 2 N–H and O–H groups in total. The Kier molecular flexibility index (Phi) is 5.46. The van der Waals surface area contributed by atoms with Gasteiger partial charge >= 0.3 is 0 Å². The summed E-state index contributed by atoms with van der Waals surface area (Å²) in [6.45, 7) is 0.610. The van der Waals surface area contributed by atoms with Crippen LogP contribution < -0.4 is 10.6 Å². The van der Waals surface area contributed by atoms with E-state index in [2.05, 4.69) is 27.7 Å². The van der Waals surface area contributed by atoms with Gasteiger partial charge in [0.25, 0.3) is 0 Å². The lowest BCUT2D eigenvalue weighted by molar-refractivity contribution is -0.147. The van der Waals surface area contributed by atoms with E-state index < -0.39 is 0 Å². The molecule has 2 amide bonds. The fraction of sp³-hybridized carbons (Fsp3) is 0.652. The molecule has 152 valence electrons. The van der Waals surface area contributed by atoms with Gasteiger partial charge in [-0.3, -0.25) is 9.59 Å². The average Bonchev–Trinajstić information content (AvgIpc) is 2.65. The first-order chi connectivity index (χ1) is 13.4. The van der Waals surface area contributed by atoms with Crippen LogP contribution in [0.25, 0.3) is 0 Å². The number of hydrogen-bond donors (Lipinski definition) is 2. The van der Waals surface area contributed by atoms with Gasteiger partial charge in [-0.05, 0) is 75.9 Å². The first kappa shape index (κ1) is 19.4. The fourth-order valence-electron chi connectivity index (χ4n) is 6.28. The zero-order valence-electron chi connectivity index (χ0n) is 17.1. The third kappa shape index (κ3) is 3.95. The molecule has 4 saturated carbocycles. The Morgan fingerprint density at radius 1 is 1.00 bits per heavy atom. The van der Waals surface area contributed by atoms with Crippen molar-refractivity contribution in [1.29, 1.82) is 0 Å². The van der Waals surface area contributed by atoms with E-state index in [9.17, 15) is 9.59 Å². The predicted molar refractivity (Wildman–Crippen MR) is 109 cm³/mol. The van der Waals surface area contributed by atoms with Gasteiger partial charge in [0.2, 0.25) is 11.8 Å². The number of carbonyl (C=O) groups excluding carboxylic acids is 2. The maximum absolute atomic E-state index is 13.0. The lowest BCUT2D eigenvalue weighted by Crippen LogP contribution is -2.54. The van der Waals surface area contributed by atoms with Crippen LogP contribution in [0, 0.1) is 23.2 Å². The third-order valence-electron chi connectivity index (χ3n) is 7.23. The monoisotopic (exact) mass is 383 g/mol. The van der Waals surface area contributed by atoms with Crippen LogP contribution in [0.4, 0.5) is 0 Å². The SMILES string of the molecule is CN(C)[C@H](CNC(=O)CNC(=O)C12CC3CC(CC(C3)C1)C2)c1ccccc1. The molecule has 0 unspecified atom stereocenters. The smallest absolute Gasteiger partial charge is 0.239 e. The molecule has 4 bridgehead atoms. The number of benzene rings is 1. The van der Waals surface area contributed by atoms with Crippen LogP contribution in [0.5, 0.6) is 0 Å². The second kappa shape index (κ2) is 7.86. The fourth-order valence-corrected chi connectivity index (χ4v) is 6.28. The Morgan fingerprint density at radius 2 is 1.57 bits per heavy atom. The Morgan fingerprint density at radius 3 is 2.11 bits per heavy atom. The molecule has 0 aliphatic heterocycles. The highest BCUT2D eigenvalue weighted by Crippen LogP contribution is 2.60. The molecule has 4 fully saturated rings. The first-order valence-corrected chi connectivity index (χ1v) is 10.7. The third-order valence-corrected chi connectivity index (χ3v) is 7.23. The summed E-state index contributed by atoms with van der Waals surface area (Å²) in [6, 6.07) is 10.3. The van der Waals surface area contributed by atoms with Crippen LogP contribution in [0.3, 0.4) is 0 Å². The van der Waals surface area contributed by atoms with Crippen LogP contribution in [-0.2, 0) is 9.59 Å². The number of amides is 2. The van der Waals surface area contributed by atoms with E-state index in [1.165, 1.54) is 24.8 Å². The predicted octanol–water partition coefficient (Wildman–Crippen LogP) is 2.74. The van der Waals surface area contributed by atoms with Crippen LogP contribution in [-0.4, -0.2) is 43.9 Å². The summed E-state index contributed by atoms with van der Waals surface area (Å²) < 4.78 is 0. The van der Waals surface area contributed by atoms with Gasteiger partial charge in [-0.1, -0.05) is 30.3 Å². The summed E-state index contributed by atoms with van der Waals surface area (Å²) in [5.74, 6) is 2.21. The summed E-state index contributed by atoms with van der Waals surface area (Å²) >= 11 is 0. The van der Waals surface area contributed by atoms with E-state index in [1.54, 1.807) is 0 Å². The maximum atomic E-state index is 13.0. The highest BCUT2D eigenvalue weighted by Gasteiger charge is 2.54. The highest BCUT2D eigenvalue weighted by molar-refractivity contribution is 5.88. The van der Waals surface area contributed by atoms with Crippen LogP contribution >= 0.6 is 0 Å². The van der Waals surface area contributed by atoms with Crippen LogP contribution in [0.2, 0.25) is 0 Å². The van der Waals surface area contributed by atoms with E-state index in [0.717, 1.165) is 37.0 Å². The van der Waals surface area contributed by atoms with Crippen molar-refractivity contribution in [3.8, 4) is 0 Å². The van der Waals surface area contributed by atoms with Crippen molar-refractivity contribution in [1.82, 2.24) is 15.5 Å². The van der Waals surface area contributed by atoms with Gasteiger partial charge in [-0.2, -0.15) is 0 Å². The Bertz CT molecular complexity index is 681. The molecular weight excluding hydrogens is 350 g/mol. The largest absolute Gasteiger partial charge is 0.353 e. The molecule has 0 heterocycles. The zero-order chi connectivity index (χ0) is 19.7. The van der Waals surface area contributed by atoms with E-state index in [1.807, 2.05) is 32.3 Å². The van der Waals surface area contributed by atoms with Crippen molar-refractivity contribution < 1.29 is 9.59 Å². The summed E-state index contributed by atoms with van der Waals surface area (Å²) in [5, 5.41) is 5.96. The summed E-state index contributed by atoms with van der Waals surface area (Å²) in [6.07, 6.45) is 7.05. The van der Waals surface area contributed by atoms with Gasteiger partial charge in [0.15, 0.2) is 0 Å². The standard InChI is InChI=1S/C23H33N3O2/c1-26(2)20(19-6-4-3-5-7-19)14-24-21(27)15-25-22(28)23-11-16-8-17(12-23)10-18(9-16)13-23/h3-7,16-18,20H,8-15H2,1-2H3,(H,24,27)(H,25,28)/t16?,17?,18?,20-,23?/m1/s1. The molecular formula is C23H33N3O2. The normalized spacial score (nSPS) is 31.6. The average molecular weight is 384 g/mol. The van der Waals surface area contributed by atoms with Crippen LogP contribution in [0.15, 0.2) is 30.3 Å². The molecule has 28 heavy (non-hydrogen) atoms. The van der Waals surface area contributed by atoms with E-state index >= 15 is 0 Å². The number of likely N-dealkylation sites (N-methyl/N-ethyl adjacent to an activating group) is 1. The molecule has 4 aliphatic carbocycles. The second-order valence-electron chi connectivity index (χ2n) is 9.57. The lowest BCUT2D eigenvalue weighted by atomic mass is 9.49. The van der Waals surface area contributed by atoms with E-state index in [-0.39, 0.29) is 29.8 Å². The minimum absolute atomic E-state index is 0.0789. The van der Waals surface area contributed by atoms with Crippen molar-refractivity contribution in [2.24, 2.45) is 23.2 Å². The summed E-state index contributed by atoms with van der Waals surface area (Å²) in [5.41, 5.74) is 0.982. The highest BCUT2D eigenvalue weighted by atomic mass is 16.2. The molecule has 5 heteroatoms. The summed E-state index contributed by atoms with van der Waals surface area (Å²) in [4.78, 5) is 27.5. The Balaban J connectivity index is 1.28. The quantitative estimate of drug-likeness (QED) is 0.761. The molecule has 0 spiro atoms. The molecule has 0 saturated heterocycles. The van der Waals surface area contributed by atoms with Crippen molar-refractivity contribution >= 4 is 11.8 Å². The number of nitrogens with zero attached hydrogens (tertiary/aromatic N) is 1. The van der Waals surface area contributed by atoms with Gasteiger partial charge in [0.05, 0.1) is 12.6 Å². The van der Waals surface area contributed by atoms with Crippen molar-refractivity contribution in [3.63, 3.8) is 0 Å². The van der Waals surface area contributed by atoms with Gasteiger partial charge in [-0.25, -0.2) is 0 Å². The van der Waals surface area contributed by atoms with Gasteiger partial charge in [0.1, 0.15) is 0 Å². The number of hydrogen-bond acceptors (Lipinski definition) is 3. The number of rotatable bonds is 7. The molecule has 0 aromatic heterocycles. The van der Waals surface area contributed by atoms with E-state index in [0.29, 0.717) is 6.54 Å². The Labute approximate surface area is 168 Å². The summed E-state index contributed by atoms with van der Waals surface area (Å²) in [7, 11) is 4.03. The topological polar surface area (TPSA) is 61.4 Å². The molecule has 5 rings (SSSR count). The minimum Gasteiger partial charge on any atom is -0.353 e. The Hall–Kier alpha value is -1.88. The number of carbonyl (C=O) groups is 2. The molecule has 1 atom stereocenters. The lowest BCUT2D eigenvalue weighted by Gasteiger charge is -2.55. The molecule has 4 aliphatic rings. The molecule has 1 aromatic carbocycles. The van der Waals surface area contributed by atoms with Crippen molar-refractivity contribution in [2.75, 3.05) is 27.2 Å². The maximum Gasteiger partial charge on any atom is 0.239 e. The first-order valence-electron chi connectivity index (χ1n) is 10.7. The molecule has 5 nitrogen and oxygen atoms in total. The van der Waals surface area contributed by atoms with Crippen molar-refractivity contribution in [3.05, 3.63) is 35.9 Å². The molecule has 1 aromatic rings. The van der Waals surface area contributed by atoms with E-state index in [4.69, 9.17) is 0 Å². The van der Waals surface area contributed by atoms with Crippen molar-refractivity contribution in [2.45, 2.75) is 44.6 Å². The second-order valence-corrected chi connectivity index (χ2v) is 9.57. The number of nitrogens with one attached hydrogen (secondary N) is 2. The van der Waals surface area contributed by atoms with Crippen LogP contribution in [0.1, 0.15) is 50.1 Å². The van der Waals surface area contributed by atoms with Gasteiger partial charge < -0.3 is 15.5 Å². The van der Waals surface area contributed by atoms with Gasteiger partial charge in [0, 0.05) is 12.0 Å². The van der Waals surface area contributed by atoms with Gasteiger partial charge in [-0.15, -0.1) is 0 Å².